The van der Waals surface area contributed by atoms with E-state index in [0.717, 1.165) is 35.5 Å². The maximum atomic E-state index is 12.9. The van der Waals surface area contributed by atoms with Crippen molar-refractivity contribution >= 4 is 34.2 Å². The lowest BCUT2D eigenvalue weighted by Crippen LogP contribution is -2.47. The fourth-order valence-corrected chi connectivity index (χ4v) is 4.48. The van der Waals surface area contributed by atoms with Crippen LogP contribution in [-0.2, 0) is 9.53 Å². The fourth-order valence-electron chi connectivity index (χ4n) is 4.48. The number of nitrogens with zero attached hydrogens (tertiary/aromatic N) is 4. The molecular formula is C28H27N7O3. The van der Waals surface area contributed by atoms with Crippen molar-refractivity contribution in [3.05, 3.63) is 73.3 Å². The molecule has 2 aromatic carbocycles. The van der Waals surface area contributed by atoms with Gasteiger partial charge in [-0.1, -0.05) is 24.3 Å². The van der Waals surface area contributed by atoms with Gasteiger partial charge in [-0.3, -0.25) is 14.8 Å². The van der Waals surface area contributed by atoms with Crippen molar-refractivity contribution in [2.75, 3.05) is 36.9 Å². The maximum Gasteiger partial charge on any atom is 0.241 e. The molecule has 192 valence electrons. The molecule has 1 aliphatic heterocycles. The molecule has 0 radical (unpaired) electrons. The van der Waals surface area contributed by atoms with Gasteiger partial charge in [0.1, 0.15) is 5.52 Å². The number of nitrogens with one attached hydrogen (secondary N) is 3. The van der Waals surface area contributed by atoms with E-state index in [9.17, 15) is 4.79 Å². The first kappa shape index (κ1) is 23.8. The van der Waals surface area contributed by atoms with Gasteiger partial charge in [0.05, 0.1) is 31.7 Å². The Labute approximate surface area is 219 Å². The topological polar surface area (TPSA) is 121 Å². The van der Waals surface area contributed by atoms with Crippen molar-refractivity contribution < 1.29 is 13.9 Å². The molecule has 38 heavy (non-hydrogen) atoms. The molecule has 1 amide bonds. The molecule has 10 heteroatoms. The van der Waals surface area contributed by atoms with Crippen molar-refractivity contribution in [3.63, 3.8) is 0 Å². The van der Waals surface area contributed by atoms with Crippen molar-refractivity contribution in [3.8, 4) is 22.5 Å². The Balaban J connectivity index is 1.24. The Morgan fingerprint density at radius 2 is 1.84 bits per heavy atom. The average molecular weight is 510 g/mol. The first-order valence-electron chi connectivity index (χ1n) is 12.5. The van der Waals surface area contributed by atoms with E-state index in [-0.39, 0.29) is 11.9 Å². The second kappa shape index (κ2) is 10.4. The largest absolute Gasteiger partial charge is 0.459 e. The summed E-state index contributed by atoms with van der Waals surface area (Å²) in [4.78, 5) is 24.5. The quantitative estimate of drug-likeness (QED) is 0.289. The van der Waals surface area contributed by atoms with Crippen LogP contribution in [0.25, 0.3) is 33.6 Å². The molecule has 3 aromatic heterocycles. The number of benzene rings is 2. The van der Waals surface area contributed by atoms with Gasteiger partial charge in [0.2, 0.25) is 5.91 Å². The Kier molecular flexibility index (Phi) is 6.55. The predicted octanol–water partition coefficient (Wildman–Crippen LogP) is 4.68. The highest BCUT2D eigenvalue weighted by Gasteiger charge is 2.23. The monoisotopic (exact) mass is 509 g/mol. The van der Waals surface area contributed by atoms with E-state index in [0.29, 0.717) is 41.6 Å². The molecule has 6 rings (SSSR count). The molecule has 0 aliphatic carbocycles. The number of aromatic nitrogens is 4. The van der Waals surface area contributed by atoms with Crippen LogP contribution in [-0.4, -0.2) is 63.3 Å². The standard InChI is InChI=1S/C28H27N7O3/c1-18(35-10-13-37-14-11-35)28(36)32-23-4-2-3-20(15-23)26-33-24-9-12-38-25(24)27(34-26)31-22-7-5-19(6-8-22)21-16-29-30-17-21/h2-9,12,15-18H,10-11,13-14H2,1H3,(H,29,30)(H,32,36)(H,31,33,34). The van der Waals surface area contributed by atoms with Gasteiger partial charge in [0.15, 0.2) is 17.2 Å². The molecule has 10 nitrogen and oxygen atoms in total. The van der Waals surface area contributed by atoms with Gasteiger partial charge in [-0.2, -0.15) is 5.10 Å². The van der Waals surface area contributed by atoms with E-state index in [1.165, 1.54) is 0 Å². The summed E-state index contributed by atoms with van der Waals surface area (Å²) in [6, 6.07) is 17.1. The highest BCUT2D eigenvalue weighted by Crippen LogP contribution is 2.30. The lowest BCUT2D eigenvalue weighted by molar-refractivity contribution is -0.122. The number of rotatable bonds is 7. The van der Waals surface area contributed by atoms with Crippen molar-refractivity contribution in [2.45, 2.75) is 13.0 Å². The lowest BCUT2D eigenvalue weighted by atomic mass is 10.1. The van der Waals surface area contributed by atoms with Crippen LogP contribution in [0.3, 0.4) is 0 Å². The van der Waals surface area contributed by atoms with Crippen molar-refractivity contribution in [1.29, 1.82) is 0 Å². The minimum absolute atomic E-state index is 0.0588. The van der Waals surface area contributed by atoms with Gasteiger partial charge in [-0.15, -0.1) is 0 Å². The van der Waals surface area contributed by atoms with E-state index < -0.39 is 0 Å². The van der Waals surface area contributed by atoms with Gasteiger partial charge >= 0.3 is 0 Å². The second-order valence-electron chi connectivity index (χ2n) is 9.11. The number of hydrogen-bond acceptors (Lipinski definition) is 8. The number of amides is 1. The molecule has 1 atom stereocenters. The third-order valence-electron chi connectivity index (χ3n) is 6.64. The van der Waals surface area contributed by atoms with Gasteiger partial charge in [0.25, 0.3) is 0 Å². The Hall–Kier alpha value is -4.54. The highest BCUT2D eigenvalue weighted by atomic mass is 16.5. The summed E-state index contributed by atoms with van der Waals surface area (Å²) < 4.78 is 11.1. The molecular weight excluding hydrogens is 482 g/mol. The van der Waals surface area contributed by atoms with Crippen LogP contribution in [0.15, 0.2) is 77.7 Å². The van der Waals surface area contributed by atoms with Gasteiger partial charge < -0.3 is 19.8 Å². The smallest absolute Gasteiger partial charge is 0.241 e. The molecule has 0 spiro atoms. The van der Waals surface area contributed by atoms with Gasteiger partial charge in [-0.25, -0.2) is 9.97 Å². The fraction of sp³-hybridized carbons (Fsp3) is 0.214. The van der Waals surface area contributed by atoms with Crippen molar-refractivity contribution in [1.82, 2.24) is 25.1 Å². The molecule has 1 aliphatic rings. The zero-order valence-electron chi connectivity index (χ0n) is 20.8. The first-order valence-corrected chi connectivity index (χ1v) is 12.5. The summed E-state index contributed by atoms with van der Waals surface area (Å²) in [6.07, 6.45) is 5.23. The number of aromatic amines is 1. The molecule has 5 aromatic rings. The number of fused-ring (bicyclic) bond motifs is 1. The minimum Gasteiger partial charge on any atom is -0.459 e. The third kappa shape index (κ3) is 4.99. The Morgan fingerprint density at radius 3 is 2.63 bits per heavy atom. The summed E-state index contributed by atoms with van der Waals surface area (Å²) in [5.41, 5.74) is 5.64. The molecule has 1 saturated heterocycles. The van der Waals surface area contributed by atoms with Gasteiger partial charge in [0, 0.05) is 47.9 Å². The zero-order chi connectivity index (χ0) is 25.9. The molecule has 0 bridgehead atoms. The van der Waals surface area contributed by atoms with E-state index >= 15 is 0 Å². The van der Waals surface area contributed by atoms with Crippen LogP contribution in [0, 0.1) is 0 Å². The van der Waals surface area contributed by atoms with Crippen LogP contribution in [0.1, 0.15) is 6.92 Å². The SMILES string of the molecule is CC(C(=O)Nc1cccc(-c2nc(Nc3ccc(-c4cn[nH]c4)cc3)c3occc3n2)c1)N1CCOCC1. The number of H-pyrrole nitrogens is 1. The number of hydrogen-bond donors (Lipinski definition) is 3. The number of ether oxygens (including phenoxy) is 1. The number of morpholine rings is 1. The normalized spacial score (nSPS) is 14.9. The van der Waals surface area contributed by atoms with Crippen LogP contribution >= 0.6 is 0 Å². The highest BCUT2D eigenvalue weighted by molar-refractivity contribution is 5.95. The van der Waals surface area contributed by atoms with Crippen LogP contribution in [0.4, 0.5) is 17.2 Å². The Morgan fingerprint density at radius 1 is 1.00 bits per heavy atom. The molecule has 4 heterocycles. The third-order valence-corrected chi connectivity index (χ3v) is 6.64. The summed E-state index contributed by atoms with van der Waals surface area (Å²) in [7, 11) is 0. The summed E-state index contributed by atoms with van der Waals surface area (Å²) >= 11 is 0. The summed E-state index contributed by atoms with van der Waals surface area (Å²) in [6.45, 7) is 4.70. The Bertz CT molecular complexity index is 1540. The van der Waals surface area contributed by atoms with Crippen LogP contribution in [0.5, 0.6) is 0 Å². The first-order chi connectivity index (χ1) is 18.6. The molecule has 0 saturated carbocycles. The molecule has 3 N–H and O–H groups in total. The molecule has 1 unspecified atom stereocenters. The van der Waals surface area contributed by atoms with E-state index in [2.05, 4.69) is 25.7 Å². The number of furan rings is 1. The minimum atomic E-state index is -0.253. The van der Waals surface area contributed by atoms with Gasteiger partial charge in [-0.05, 0) is 36.8 Å². The van der Waals surface area contributed by atoms with Crippen LogP contribution in [0.2, 0.25) is 0 Å². The molecule has 1 fully saturated rings. The van der Waals surface area contributed by atoms with Crippen molar-refractivity contribution in [2.24, 2.45) is 0 Å². The van der Waals surface area contributed by atoms with Crippen LogP contribution < -0.4 is 10.6 Å². The van der Waals surface area contributed by atoms with E-state index in [1.807, 2.05) is 67.7 Å². The average Bonchev–Trinajstić information content (AvgIpc) is 3.67. The van der Waals surface area contributed by atoms with E-state index in [4.69, 9.17) is 19.1 Å². The lowest BCUT2D eigenvalue weighted by Gasteiger charge is -2.31. The second-order valence-corrected chi connectivity index (χ2v) is 9.11. The zero-order valence-corrected chi connectivity index (χ0v) is 20.8. The number of carbonyl (C=O) groups excluding carboxylic acids is 1. The number of anilines is 3. The number of carbonyl (C=O) groups is 1. The maximum absolute atomic E-state index is 12.9. The summed E-state index contributed by atoms with van der Waals surface area (Å²) in [5.74, 6) is 1.02. The summed E-state index contributed by atoms with van der Waals surface area (Å²) in [5, 5.41) is 13.2. The predicted molar refractivity (Wildman–Crippen MR) is 145 cm³/mol. The van der Waals surface area contributed by atoms with E-state index in [1.54, 1.807) is 12.5 Å².